The first-order valence-corrected chi connectivity index (χ1v) is 9.35. The van der Waals surface area contributed by atoms with Gasteiger partial charge in [0, 0.05) is 0 Å². The van der Waals surface area contributed by atoms with Gasteiger partial charge in [-0.25, -0.2) is 0 Å². The van der Waals surface area contributed by atoms with Crippen LogP contribution in [0.25, 0.3) is 0 Å². The van der Waals surface area contributed by atoms with Gasteiger partial charge in [-0.3, -0.25) is 0 Å². The van der Waals surface area contributed by atoms with E-state index < -0.39 is 0 Å². The van der Waals surface area contributed by atoms with Crippen LogP contribution in [0.5, 0.6) is 0 Å². The van der Waals surface area contributed by atoms with Gasteiger partial charge >= 0.3 is 0 Å². The minimum absolute atomic E-state index is 0.483. The lowest BCUT2D eigenvalue weighted by molar-refractivity contribution is 0.293. The van der Waals surface area contributed by atoms with E-state index in [0.29, 0.717) is 6.98 Å². The third kappa shape index (κ3) is 6.00. The Bertz CT molecular complexity index is 255. The molecule has 0 aliphatic carbocycles. The fourth-order valence-corrected chi connectivity index (χ4v) is 4.04. The molecule has 0 aromatic rings. The van der Waals surface area contributed by atoms with E-state index in [0.717, 1.165) is 38.7 Å². The van der Waals surface area contributed by atoms with Crippen LogP contribution >= 0.6 is 0 Å². The molecule has 1 rings (SSSR count). The summed E-state index contributed by atoms with van der Waals surface area (Å²) >= 11 is 0. The van der Waals surface area contributed by atoms with Gasteiger partial charge in [-0.05, 0) is 23.6 Å². The third-order valence-corrected chi connectivity index (χ3v) is 5.85. The van der Waals surface area contributed by atoms with Crippen molar-refractivity contribution in [3.05, 3.63) is 0 Å². The summed E-state index contributed by atoms with van der Waals surface area (Å²) in [4.78, 5) is 0. The van der Waals surface area contributed by atoms with Gasteiger partial charge in [0.05, 0.1) is 0 Å². The monoisotopic (exact) mass is 291 g/mol. The smallest absolute Gasteiger partial charge is 0.287 e. The second kappa shape index (κ2) is 10.7. The van der Waals surface area contributed by atoms with E-state index in [-0.39, 0.29) is 0 Å². The van der Waals surface area contributed by atoms with Gasteiger partial charge in [0.15, 0.2) is 0 Å². The largest absolute Gasteiger partial charge is 0.378 e. The lowest BCUT2D eigenvalue weighted by atomic mass is 9.49. The van der Waals surface area contributed by atoms with E-state index in [4.69, 9.17) is 0 Å². The predicted octanol–water partition coefficient (Wildman–Crippen LogP) is 2.45. The maximum absolute atomic E-state index is 3.64. The Kier molecular flexibility index (Phi) is 9.78. The summed E-state index contributed by atoms with van der Waals surface area (Å²) in [6.45, 7) is 12.4. The van der Waals surface area contributed by atoms with Crippen LogP contribution in [0.4, 0.5) is 0 Å². The van der Waals surface area contributed by atoms with Crippen LogP contribution in [-0.2, 0) is 0 Å². The lowest BCUT2D eigenvalue weighted by Crippen LogP contribution is -2.66. The van der Waals surface area contributed by atoms with Gasteiger partial charge in [0.1, 0.15) is 0 Å². The average Bonchev–Trinajstić information content (AvgIpc) is 2.53. The second-order valence-corrected chi connectivity index (χ2v) is 6.85. The molecule has 3 N–H and O–H groups in total. The first-order chi connectivity index (χ1) is 10.2. The SMILES string of the molecule is CCC(CC)CCC(B1NBNBN1)C(C)C(CC)CC. The molecule has 0 aromatic carbocycles. The van der Waals surface area contributed by atoms with Crippen molar-refractivity contribution >= 4 is 22.1 Å². The molecule has 2 unspecified atom stereocenters. The average molecular weight is 291 g/mol. The molecule has 0 saturated carbocycles. The van der Waals surface area contributed by atoms with E-state index in [2.05, 4.69) is 50.0 Å². The highest BCUT2D eigenvalue weighted by atomic mass is 15.0. The Balaban J connectivity index is 2.68. The van der Waals surface area contributed by atoms with Crippen molar-refractivity contribution in [2.45, 2.75) is 79.0 Å². The van der Waals surface area contributed by atoms with Crippen LogP contribution in [0.1, 0.15) is 73.1 Å². The van der Waals surface area contributed by atoms with Crippen molar-refractivity contribution < 1.29 is 0 Å². The van der Waals surface area contributed by atoms with Crippen molar-refractivity contribution in [2.24, 2.45) is 17.8 Å². The molecule has 2 atom stereocenters. The zero-order valence-electron chi connectivity index (χ0n) is 15.0. The molecule has 0 spiro atoms. The molecule has 3 nitrogen and oxygen atoms in total. The zero-order chi connectivity index (χ0) is 15.7. The number of nitrogens with one attached hydrogen (secondary N) is 3. The van der Waals surface area contributed by atoms with Gasteiger partial charge in [-0.15, -0.1) is 0 Å². The van der Waals surface area contributed by atoms with Crippen LogP contribution in [0, 0.1) is 17.8 Å². The summed E-state index contributed by atoms with van der Waals surface area (Å²) in [6, 6.07) is 0. The summed E-state index contributed by atoms with van der Waals surface area (Å²) in [5, 5.41) is 10.6. The quantitative estimate of drug-likeness (QED) is 0.541. The van der Waals surface area contributed by atoms with Gasteiger partial charge in [0.2, 0.25) is 0 Å². The first kappa shape index (κ1) is 19.1. The Morgan fingerprint density at radius 1 is 0.857 bits per heavy atom. The molecular weight excluding hydrogens is 255 g/mol. The Labute approximate surface area is 134 Å². The van der Waals surface area contributed by atoms with E-state index in [1.807, 2.05) is 0 Å². The van der Waals surface area contributed by atoms with Crippen LogP contribution < -0.4 is 15.4 Å². The first-order valence-electron chi connectivity index (χ1n) is 9.35. The van der Waals surface area contributed by atoms with Gasteiger partial charge < -0.3 is 15.4 Å². The number of hydrogen-bond acceptors (Lipinski definition) is 3. The normalized spacial score (nSPS) is 18.5. The highest BCUT2D eigenvalue weighted by Crippen LogP contribution is 2.36. The van der Waals surface area contributed by atoms with Gasteiger partial charge in [-0.2, -0.15) is 0 Å². The summed E-state index contributed by atoms with van der Waals surface area (Å²) < 4.78 is 0. The third-order valence-electron chi connectivity index (χ3n) is 5.85. The molecule has 0 amide bonds. The molecule has 1 aliphatic rings. The van der Waals surface area contributed by atoms with E-state index in [9.17, 15) is 0 Å². The highest BCUT2D eigenvalue weighted by molar-refractivity contribution is 6.76. The van der Waals surface area contributed by atoms with Crippen LogP contribution in [0.2, 0.25) is 5.82 Å². The van der Waals surface area contributed by atoms with Crippen molar-refractivity contribution in [3.63, 3.8) is 0 Å². The van der Waals surface area contributed by atoms with Gasteiger partial charge in [0.25, 0.3) is 22.1 Å². The zero-order valence-corrected chi connectivity index (χ0v) is 15.0. The summed E-state index contributed by atoms with van der Waals surface area (Å²) in [5.41, 5.74) is 0. The molecule has 6 heteroatoms. The van der Waals surface area contributed by atoms with E-state index >= 15 is 0 Å². The minimum atomic E-state index is 0.483. The molecule has 21 heavy (non-hydrogen) atoms. The molecule has 0 bridgehead atoms. The predicted molar refractivity (Wildman–Crippen MR) is 99.8 cm³/mol. The van der Waals surface area contributed by atoms with Crippen molar-refractivity contribution in [2.75, 3.05) is 0 Å². The molecule has 0 aromatic heterocycles. The van der Waals surface area contributed by atoms with Crippen molar-refractivity contribution in [1.29, 1.82) is 0 Å². The van der Waals surface area contributed by atoms with E-state index in [1.54, 1.807) is 0 Å². The fourth-order valence-electron chi connectivity index (χ4n) is 4.04. The number of rotatable bonds is 10. The van der Waals surface area contributed by atoms with Crippen molar-refractivity contribution in [1.82, 2.24) is 15.4 Å². The van der Waals surface area contributed by atoms with Crippen molar-refractivity contribution in [3.8, 4) is 0 Å². The summed E-state index contributed by atoms with van der Waals surface area (Å²) in [6.07, 6.45) is 8.02. The minimum Gasteiger partial charge on any atom is -0.378 e. The van der Waals surface area contributed by atoms with Crippen LogP contribution in [-0.4, -0.2) is 22.1 Å². The Morgan fingerprint density at radius 2 is 1.43 bits per heavy atom. The molecule has 1 heterocycles. The maximum Gasteiger partial charge on any atom is 0.287 e. The standard InChI is InChI=1S/C15H36B3N3/c1-6-13(7-2)10-11-15(12(5)14(8-3)9-4)18-20-16-19-17-21-18/h12-17,19-21H,6-11H2,1-5H3. The molecular formula is C15H36B3N3. The topological polar surface area (TPSA) is 36.1 Å². The van der Waals surface area contributed by atoms with E-state index in [1.165, 1.54) is 38.5 Å². The molecule has 1 saturated heterocycles. The molecule has 120 valence electrons. The van der Waals surface area contributed by atoms with Gasteiger partial charge in [-0.1, -0.05) is 73.1 Å². The lowest BCUT2D eigenvalue weighted by Gasteiger charge is -2.37. The maximum atomic E-state index is 3.64. The molecule has 0 radical (unpaired) electrons. The van der Waals surface area contributed by atoms with Crippen LogP contribution in [0.3, 0.4) is 0 Å². The Hall–Kier alpha value is 0.0748. The molecule has 1 fully saturated rings. The highest BCUT2D eigenvalue weighted by Gasteiger charge is 2.34. The summed E-state index contributed by atoms with van der Waals surface area (Å²) in [5.74, 6) is 3.30. The summed E-state index contributed by atoms with van der Waals surface area (Å²) in [7, 11) is 1.88. The van der Waals surface area contributed by atoms with Crippen LogP contribution in [0.15, 0.2) is 0 Å². The second-order valence-electron chi connectivity index (χ2n) is 6.85. The fraction of sp³-hybridized carbons (Fsp3) is 1.00. The molecule has 1 aliphatic heterocycles. The number of hydrogen-bond donors (Lipinski definition) is 3. The Morgan fingerprint density at radius 3 is 1.90 bits per heavy atom.